The largest absolute Gasteiger partial charge is 0.240 e. The maximum Gasteiger partial charge on any atom is 0.240 e. The molecule has 0 radical (unpaired) electrons. The molecule has 100 valence electrons. The van der Waals surface area contributed by atoms with Crippen LogP contribution in [-0.2, 0) is 10.0 Å². The number of nitrogens with one attached hydrogen (secondary N) is 1. The highest BCUT2D eigenvalue weighted by Gasteiger charge is 2.30. The molecule has 0 spiro atoms. The minimum Gasteiger partial charge on any atom is -0.208 e. The number of alkyl halides is 1. The van der Waals surface area contributed by atoms with Crippen LogP contribution in [0, 0.1) is 12.8 Å². The Balaban J connectivity index is 2.17. The molecule has 0 amide bonds. The summed E-state index contributed by atoms with van der Waals surface area (Å²) >= 11 is 3.46. The predicted octanol–water partition coefficient (Wildman–Crippen LogP) is 2.84. The van der Waals surface area contributed by atoms with Crippen LogP contribution in [0.4, 0.5) is 0 Å². The first-order chi connectivity index (χ1) is 8.53. The third-order valence-electron chi connectivity index (χ3n) is 3.46. The number of hydrogen-bond donors (Lipinski definition) is 1. The molecule has 1 aliphatic carbocycles. The van der Waals surface area contributed by atoms with Crippen LogP contribution in [0.15, 0.2) is 29.2 Å². The van der Waals surface area contributed by atoms with Crippen molar-refractivity contribution in [1.82, 2.24) is 4.72 Å². The first-order valence-corrected chi connectivity index (χ1v) is 8.78. The van der Waals surface area contributed by atoms with Gasteiger partial charge in [0.25, 0.3) is 0 Å². The average Bonchev–Trinajstić information content (AvgIpc) is 2.75. The molecule has 2 rings (SSSR count). The van der Waals surface area contributed by atoms with Crippen LogP contribution in [0.2, 0.25) is 0 Å². The van der Waals surface area contributed by atoms with E-state index >= 15 is 0 Å². The molecule has 1 saturated carbocycles. The van der Waals surface area contributed by atoms with Crippen molar-refractivity contribution in [2.75, 3.05) is 5.33 Å². The number of halogens is 1. The van der Waals surface area contributed by atoms with Gasteiger partial charge >= 0.3 is 0 Å². The summed E-state index contributed by atoms with van der Waals surface area (Å²) in [5.74, 6) is 0.407. The van der Waals surface area contributed by atoms with E-state index < -0.39 is 10.0 Å². The minimum atomic E-state index is -3.38. The third-order valence-corrected chi connectivity index (χ3v) is 5.78. The first-order valence-electron chi connectivity index (χ1n) is 6.18. The van der Waals surface area contributed by atoms with Gasteiger partial charge in [0.1, 0.15) is 0 Å². The zero-order chi connectivity index (χ0) is 13.2. The lowest BCUT2D eigenvalue weighted by molar-refractivity contribution is 0.484. The lowest BCUT2D eigenvalue weighted by Crippen LogP contribution is -2.37. The minimum absolute atomic E-state index is 0.0647. The van der Waals surface area contributed by atoms with Gasteiger partial charge in [-0.3, -0.25) is 0 Å². The Kier molecular flexibility index (Phi) is 4.45. The lowest BCUT2D eigenvalue weighted by atomic mass is 10.1. The van der Waals surface area contributed by atoms with E-state index in [4.69, 9.17) is 0 Å². The zero-order valence-corrected chi connectivity index (χ0v) is 12.8. The molecule has 1 N–H and O–H groups in total. The smallest absolute Gasteiger partial charge is 0.208 e. The van der Waals surface area contributed by atoms with E-state index in [-0.39, 0.29) is 6.04 Å². The molecule has 0 bridgehead atoms. The summed E-state index contributed by atoms with van der Waals surface area (Å²) in [5.41, 5.74) is 0.960. The summed E-state index contributed by atoms with van der Waals surface area (Å²) in [4.78, 5) is 0.364. The molecule has 0 saturated heterocycles. The fraction of sp³-hybridized carbons (Fsp3) is 0.538. The Morgan fingerprint density at radius 2 is 2.17 bits per heavy atom. The van der Waals surface area contributed by atoms with Gasteiger partial charge in [0.15, 0.2) is 0 Å². The zero-order valence-electron chi connectivity index (χ0n) is 10.4. The fourth-order valence-electron chi connectivity index (χ4n) is 2.43. The Morgan fingerprint density at radius 3 is 2.83 bits per heavy atom. The summed E-state index contributed by atoms with van der Waals surface area (Å²) in [6.07, 6.45) is 3.12. The van der Waals surface area contributed by atoms with Crippen LogP contribution in [0.1, 0.15) is 24.8 Å². The maximum absolute atomic E-state index is 12.3. The molecule has 3 nitrogen and oxygen atoms in total. The van der Waals surface area contributed by atoms with Crippen molar-refractivity contribution in [3.05, 3.63) is 29.8 Å². The second-order valence-corrected chi connectivity index (χ2v) is 7.25. The topological polar surface area (TPSA) is 46.2 Å². The summed E-state index contributed by atoms with van der Waals surface area (Å²) < 4.78 is 27.4. The van der Waals surface area contributed by atoms with Gasteiger partial charge in [-0.1, -0.05) is 34.5 Å². The van der Waals surface area contributed by atoms with Gasteiger partial charge in [0, 0.05) is 11.4 Å². The second kappa shape index (κ2) is 5.72. The van der Waals surface area contributed by atoms with E-state index in [9.17, 15) is 8.42 Å². The Labute approximate surface area is 117 Å². The number of benzene rings is 1. The van der Waals surface area contributed by atoms with E-state index in [1.54, 1.807) is 18.2 Å². The van der Waals surface area contributed by atoms with Crippen molar-refractivity contribution in [3.63, 3.8) is 0 Å². The quantitative estimate of drug-likeness (QED) is 0.862. The van der Waals surface area contributed by atoms with E-state index in [0.29, 0.717) is 10.8 Å². The molecule has 1 aromatic carbocycles. The van der Waals surface area contributed by atoms with Gasteiger partial charge < -0.3 is 0 Å². The average molecular weight is 332 g/mol. The van der Waals surface area contributed by atoms with Crippen LogP contribution >= 0.6 is 15.9 Å². The molecule has 0 aromatic heterocycles. The molecule has 1 aromatic rings. The molecular weight excluding hydrogens is 314 g/mol. The van der Waals surface area contributed by atoms with Crippen molar-refractivity contribution in [2.45, 2.75) is 37.1 Å². The third kappa shape index (κ3) is 3.13. The van der Waals surface area contributed by atoms with Gasteiger partial charge in [-0.25, -0.2) is 13.1 Å². The van der Waals surface area contributed by atoms with Crippen molar-refractivity contribution in [1.29, 1.82) is 0 Å². The van der Waals surface area contributed by atoms with E-state index in [1.807, 2.05) is 13.0 Å². The highest BCUT2D eigenvalue weighted by atomic mass is 79.9. The maximum atomic E-state index is 12.3. The van der Waals surface area contributed by atoms with Crippen molar-refractivity contribution in [2.24, 2.45) is 5.92 Å². The number of aryl methyl sites for hydroxylation is 1. The predicted molar refractivity (Wildman–Crippen MR) is 76.4 cm³/mol. The molecule has 18 heavy (non-hydrogen) atoms. The van der Waals surface area contributed by atoms with Crippen LogP contribution < -0.4 is 4.72 Å². The molecule has 0 heterocycles. The Hall–Kier alpha value is -0.390. The van der Waals surface area contributed by atoms with Gasteiger partial charge in [-0.15, -0.1) is 0 Å². The van der Waals surface area contributed by atoms with E-state index in [0.717, 1.165) is 30.2 Å². The van der Waals surface area contributed by atoms with E-state index in [2.05, 4.69) is 20.7 Å². The van der Waals surface area contributed by atoms with Crippen molar-refractivity contribution in [3.8, 4) is 0 Å². The second-order valence-electron chi connectivity index (χ2n) is 4.89. The summed E-state index contributed by atoms with van der Waals surface area (Å²) in [6, 6.07) is 7.10. The highest BCUT2D eigenvalue weighted by molar-refractivity contribution is 9.09. The van der Waals surface area contributed by atoms with E-state index in [1.165, 1.54) is 0 Å². The molecule has 2 unspecified atom stereocenters. The van der Waals surface area contributed by atoms with Gasteiger partial charge in [-0.2, -0.15) is 0 Å². The molecule has 1 fully saturated rings. The Morgan fingerprint density at radius 1 is 1.39 bits per heavy atom. The number of hydrogen-bond acceptors (Lipinski definition) is 2. The standard InChI is InChI=1S/C13H18BrNO2S/c1-10-4-2-6-12(8-10)18(16,17)15-13-7-3-5-11(13)9-14/h2,4,6,8,11,13,15H,3,5,7,9H2,1H3. The van der Waals surface area contributed by atoms with Crippen molar-refractivity contribution < 1.29 is 8.42 Å². The normalized spacial score (nSPS) is 24.3. The van der Waals surface area contributed by atoms with Gasteiger partial charge in [0.2, 0.25) is 10.0 Å². The number of rotatable bonds is 4. The SMILES string of the molecule is Cc1cccc(S(=O)(=O)NC2CCCC2CBr)c1. The Bertz CT molecular complexity index is 515. The summed E-state index contributed by atoms with van der Waals surface area (Å²) in [6.45, 7) is 1.90. The first kappa shape index (κ1) is 14.0. The molecule has 0 aliphatic heterocycles. The molecule has 2 atom stereocenters. The fourth-order valence-corrected chi connectivity index (χ4v) is 4.65. The summed E-state index contributed by atoms with van der Waals surface area (Å²) in [7, 11) is -3.38. The van der Waals surface area contributed by atoms with Crippen molar-refractivity contribution >= 4 is 26.0 Å². The molecular formula is C13H18BrNO2S. The summed E-state index contributed by atoms with van der Waals surface area (Å²) in [5, 5.41) is 0.855. The lowest BCUT2D eigenvalue weighted by Gasteiger charge is -2.19. The van der Waals surface area contributed by atoms with Crippen LogP contribution in [0.5, 0.6) is 0 Å². The number of sulfonamides is 1. The van der Waals surface area contributed by atoms with Crippen LogP contribution in [-0.4, -0.2) is 19.8 Å². The highest BCUT2D eigenvalue weighted by Crippen LogP contribution is 2.28. The van der Waals surface area contributed by atoms with Crippen LogP contribution in [0.3, 0.4) is 0 Å². The van der Waals surface area contributed by atoms with Crippen LogP contribution in [0.25, 0.3) is 0 Å². The monoisotopic (exact) mass is 331 g/mol. The van der Waals surface area contributed by atoms with Gasteiger partial charge in [-0.05, 0) is 43.4 Å². The molecule has 1 aliphatic rings. The van der Waals surface area contributed by atoms with Gasteiger partial charge in [0.05, 0.1) is 4.90 Å². The molecule has 5 heteroatoms.